The molecule has 0 radical (unpaired) electrons. The van der Waals surface area contributed by atoms with Crippen LogP contribution in [0.2, 0.25) is 0 Å². The van der Waals surface area contributed by atoms with Crippen LogP contribution >= 0.6 is 11.6 Å². The fourth-order valence-electron chi connectivity index (χ4n) is 1.95. The summed E-state index contributed by atoms with van der Waals surface area (Å²) in [6.45, 7) is 8.80. The van der Waals surface area contributed by atoms with Crippen molar-refractivity contribution in [2.24, 2.45) is 0 Å². The molecule has 0 spiro atoms. The predicted octanol–water partition coefficient (Wildman–Crippen LogP) is 3.24. The van der Waals surface area contributed by atoms with Crippen LogP contribution < -0.4 is 10.1 Å². The van der Waals surface area contributed by atoms with Crippen LogP contribution in [0.15, 0.2) is 18.2 Å². The molecule has 0 aliphatic carbocycles. The van der Waals surface area contributed by atoms with E-state index >= 15 is 0 Å². The monoisotopic (exact) mass is 283 g/mol. The van der Waals surface area contributed by atoms with E-state index in [1.54, 1.807) is 0 Å². The van der Waals surface area contributed by atoms with Gasteiger partial charge in [0.25, 0.3) is 0 Å². The second-order valence-electron chi connectivity index (χ2n) is 5.04. The third-order valence-corrected chi connectivity index (χ3v) is 3.15. The number of hydrogen-bond donors (Lipinski definition) is 1. The second-order valence-corrected chi connectivity index (χ2v) is 5.31. The molecule has 0 aliphatic rings. The van der Waals surface area contributed by atoms with Crippen molar-refractivity contribution in [3.63, 3.8) is 0 Å². The normalized spacial score (nSPS) is 12.3. The van der Waals surface area contributed by atoms with Crippen LogP contribution in [0.3, 0.4) is 0 Å². The molecule has 1 amide bonds. The van der Waals surface area contributed by atoms with Gasteiger partial charge in [-0.15, -0.1) is 11.6 Å². The van der Waals surface area contributed by atoms with Crippen molar-refractivity contribution >= 4 is 17.5 Å². The fourth-order valence-corrected chi connectivity index (χ4v) is 2.04. The van der Waals surface area contributed by atoms with Crippen LogP contribution in [0.4, 0.5) is 0 Å². The van der Waals surface area contributed by atoms with Gasteiger partial charge in [-0.2, -0.15) is 0 Å². The van der Waals surface area contributed by atoms with E-state index < -0.39 is 0 Å². The molecule has 0 saturated carbocycles. The average Bonchev–Trinajstić information content (AvgIpc) is 2.35. The van der Waals surface area contributed by atoms with Gasteiger partial charge in [0.15, 0.2) is 0 Å². The minimum Gasteiger partial charge on any atom is -0.489 e. The van der Waals surface area contributed by atoms with Gasteiger partial charge in [-0.25, -0.2) is 0 Å². The molecule has 1 rings (SSSR count). The quantitative estimate of drug-likeness (QED) is 0.814. The Bertz CT molecular complexity index is 432. The molecular formula is C15H22ClNO2. The summed E-state index contributed by atoms with van der Waals surface area (Å²) in [5.74, 6) is 1.14. The third kappa shape index (κ3) is 5.11. The van der Waals surface area contributed by atoms with Crippen molar-refractivity contribution in [3.05, 3.63) is 29.3 Å². The van der Waals surface area contributed by atoms with Crippen molar-refractivity contribution in [1.82, 2.24) is 5.32 Å². The van der Waals surface area contributed by atoms with Crippen LogP contribution in [0.5, 0.6) is 5.75 Å². The van der Waals surface area contributed by atoms with Crippen LogP contribution in [-0.4, -0.2) is 24.4 Å². The van der Waals surface area contributed by atoms with Crippen molar-refractivity contribution in [2.45, 2.75) is 39.7 Å². The van der Waals surface area contributed by atoms with E-state index in [9.17, 15) is 4.79 Å². The lowest BCUT2D eigenvalue weighted by molar-refractivity contribution is -0.119. The number of ether oxygens (including phenoxy) is 1. The van der Waals surface area contributed by atoms with Crippen LogP contribution in [0, 0.1) is 6.92 Å². The minimum atomic E-state index is -0.177. The van der Waals surface area contributed by atoms with E-state index in [1.807, 2.05) is 19.1 Å². The molecule has 1 atom stereocenters. The number of hydrogen-bond acceptors (Lipinski definition) is 2. The molecule has 0 aliphatic heterocycles. The zero-order valence-electron chi connectivity index (χ0n) is 12.0. The lowest BCUT2D eigenvalue weighted by atomic mass is 9.98. The SMILES string of the molecule is Cc1cc(OC(C)CNC(=O)CCl)ccc1C(C)C. The number of amides is 1. The largest absolute Gasteiger partial charge is 0.489 e. The van der Waals surface area contributed by atoms with E-state index in [4.69, 9.17) is 16.3 Å². The smallest absolute Gasteiger partial charge is 0.235 e. The Labute approximate surface area is 120 Å². The highest BCUT2D eigenvalue weighted by molar-refractivity contribution is 6.27. The topological polar surface area (TPSA) is 38.3 Å². The fraction of sp³-hybridized carbons (Fsp3) is 0.533. The molecule has 1 unspecified atom stereocenters. The van der Waals surface area contributed by atoms with Gasteiger partial charge < -0.3 is 10.1 Å². The number of carbonyl (C=O) groups excluding carboxylic acids is 1. The first-order valence-electron chi connectivity index (χ1n) is 6.54. The van der Waals surface area contributed by atoms with Crippen LogP contribution in [-0.2, 0) is 4.79 Å². The Kier molecular flexibility index (Phi) is 6.16. The zero-order chi connectivity index (χ0) is 14.4. The number of benzene rings is 1. The lowest BCUT2D eigenvalue weighted by Gasteiger charge is -2.17. The summed E-state index contributed by atoms with van der Waals surface area (Å²) in [6, 6.07) is 6.11. The molecule has 0 fully saturated rings. The minimum absolute atomic E-state index is 0.0189. The molecule has 4 heteroatoms. The maximum Gasteiger partial charge on any atom is 0.235 e. The van der Waals surface area contributed by atoms with Crippen molar-refractivity contribution in [1.29, 1.82) is 0 Å². The van der Waals surface area contributed by atoms with E-state index in [1.165, 1.54) is 11.1 Å². The predicted molar refractivity (Wildman–Crippen MR) is 79.1 cm³/mol. The molecule has 3 nitrogen and oxygen atoms in total. The summed E-state index contributed by atoms with van der Waals surface area (Å²) < 4.78 is 5.77. The van der Waals surface area contributed by atoms with Gasteiger partial charge in [0.2, 0.25) is 5.91 Å². The first-order valence-corrected chi connectivity index (χ1v) is 7.07. The van der Waals surface area contributed by atoms with Crippen molar-refractivity contribution in [2.75, 3.05) is 12.4 Å². The van der Waals surface area contributed by atoms with Gasteiger partial charge in [-0.3, -0.25) is 4.79 Å². The Hall–Kier alpha value is -1.22. The summed E-state index contributed by atoms with van der Waals surface area (Å²) in [5.41, 5.74) is 2.56. The number of nitrogens with one attached hydrogen (secondary N) is 1. The second kappa shape index (κ2) is 7.39. The van der Waals surface area contributed by atoms with Crippen LogP contribution in [0.25, 0.3) is 0 Å². The standard InChI is InChI=1S/C15H22ClNO2/c1-10(2)14-6-5-13(7-11(14)3)19-12(4)9-17-15(18)8-16/h5-7,10,12H,8-9H2,1-4H3,(H,17,18). The Morgan fingerprint density at radius 2 is 2.05 bits per heavy atom. The van der Waals surface area contributed by atoms with Gasteiger partial charge in [0.1, 0.15) is 17.7 Å². The molecule has 0 aromatic heterocycles. The maximum absolute atomic E-state index is 11.0. The van der Waals surface area contributed by atoms with Gasteiger partial charge in [0.05, 0.1) is 6.54 Å². The lowest BCUT2D eigenvalue weighted by Crippen LogP contribution is -2.34. The van der Waals surface area contributed by atoms with E-state index in [0.29, 0.717) is 12.5 Å². The van der Waals surface area contributed by atoms with Gasteiger partial charge >= 0.3 is 0 Å². The molecular weight excluding hydrogens is 262 g/mol. The number of aryl methyl sites for hydroxylation is 1. The number of alkyl halides is 1. The molecule has 0 saturated heterocycles. The number of carbonyl (C=O) groups is 1. The molecule has 1 aromatic carbocycles. The van der Waals surface area contributed by atoms with Crippen molar-refractivity contribution in [3.8, 4) is 5.75 Å². The highest BCUT2D eigenvalue weighted by Gasteiger charge is 2.08. The average molecular weight is 284 g/mol. The number of halogens is 1. The van der Waals surface area contributed by atoms with Crippen LogP contribution in [0.1, 0.15) is 37.8 Å². The zero-order valence-corrected chi connectivity index (χ0v) is 12.8. The Balaban J connectivity index is 2.57. The highest BCUT2D eigenvalue weighted by Crippen LogP contribution is 2.23. The maximum atomic E-state index is 11.0. The summed E-state index contributed by atoms with van der Waals surface area (Å²) in [5, 5.41) is 2.70. The van der Waals surface area contributed by atoms with E-state index in [0.717, 1.165) is 5.75 Å². The molecule has 0 bridgehead atoms. The summed E-state index contributed by atoms with van der Waals surface area (Å²) in [4.78, 5) is 11.0. The molecule has 106 valence electrons. The molecule has 1 N–H and O–H groups in total. The Morgan fingerprint density at radius 1 is 1.37 bits per heavy atom. The molecule has 0 heterocycles. The molecule has 19 heavy (non-hydrogen) atoms. The summed E-state index contributed by atoms with van der Waals surface area (Å²) in [6.07, 6.45) is -0.0866. The first kappa shape index (κ1) is 15.8. The van der Waals surface area contributed by atoms with Crippen molar-refractivity contribution < 1.29 is 9.53 Å². The number of rotatable bonds is 6. The van der Waals surface area contributed by atoms with E-state index in [-0.39, 0.29) is 17.9 Å². The van der Waals surface area contributed by atoms with Gasteiger partial charge in [-0.1, -0.05) is 19.9 Å². The van der Waals surface area contributed by atoms with Gasteiger partial charge in [0, 0.05) is 0 Å². The van der Waals surface area contributed by atoms with Gasteiger partial charge in [-0.05, 0) is 43.0 Å². The molecule has 1 aromatic rings. The Morgan fingerprint density at radius 3 is 2.58 bits per heavy atom. The van der Waals surface area contributed by atoms with E-state index in [2.05, 4.69) is 32.2 Å². The summed E-state index contributed by atoms with van der Waals surface area (Å²) >= 11 is 5.41. The highest BCUT2D eigenvalue weighted by atomic mass is 35.5. The first-order chi connectivity index (χ1) is 8.93. The third-order valence-electron chi connectivity index (χ3n) is 2.91. The summed E-state index contributed by atoms with van der Waals surface area (Å²) in [7, 11) is 0.